The Morgan fingerprint density at radius 3 is 3.18 bits per heavy atom. The molecule has 1 aromatic heterocycles. The van der Waals surface area contributed by atoms with Crippen molar-refractivity contribution in [2.75, 3.05) is 17.2 Å². The highest BCUT2D eigenvalue weighted by Crippen LogP contribution is 2.23. The van der Waals surface area contributed by atoms with Gasteiger partial charge in [-0.05, 0) is 23.6 Å². The number of aryl methyl sites for hydroxylation is 1. The maximum atomic E-state index is 4.29. The maximum absolute atomic E-state index is 4.29. The van der Waals surface area contributed by atoms with Crippen LogP contribution < -0.4 is 10.6 Å². The Balaban J connectivity index is 1.69. The smallest absolute Gasteiger partial charge is 0.148 e. The third-order valence-corrected chi connectivity index (χ3v) is 3.07. The fourth-order valence-corrected chi connectivity index (χ4v) is 2.15. The Hall–Kier alpha value is -1.97. The van der Waals surface area contributed by atoms with Crippen molar-refractivity contribution in [3.63, 3.8) is 0 Å². The minimum absolute atomic E-state index is 0.811. The van der Waals surface area contributed by atoms with Gasteiger partial charge in [-0.15, -0.1) is 0 Å². The molecule has 0 saturated carbocycles. The average molecular weight is 228 g/mol. The van der Waals surface area contributed by atoms with Crippen molar-refractivity contribution in [1.29, 1.82) is 0 Å². The molecule has 2 aromatic rings. The highest BCUT2D eigenvalue weighted by Gasteiger charge is 2.09. The van der Waals surface area contributed by atoms with Crippen molar-refractivity contribution in [1.82, 2.24) is 9.78 Å². The Kier molecular flexibility index (Phi) is 2.48. The number of nitrogens with one attached hydrogen (secondary N) is 2. The topological polar surface area (TPSA) is 41.9 Å². The second kappa shape index (κ2) is 4.13. The van der Waals surface area contributed by atoms with Gasteiger partial charge in [0.1, 0.15) is 5.82 Å². The number of nitrogens with zero attached hydrogens (tertiary/aromatic N) is 2. The summed E-state index contributed by atoms with van der Waals surface area (Å²) in [6.45, 7) is 1.87. The van der Waals surface area contributed by atoms with Crippen LogP contribution in [-0.2, 0) is 20.0 Å². The van der Waals surface area contributed by atoms with E-state index in [2.05, 4.69) is 33.9 Å². The van der Waals surface area contributed by atoms with Crippen LogP contribution in [0.5, 0.6) is 0 Å². The Labute approximate surface area is 101 Å². The molecule has 0 radical (unpaired) electrons. The van der Waals surface area contributed by atoms with Crippen LogP contribution in [0, 0.1) is 0 Å². The third kappa shape index (κ3) is 2.11. The number of anilines is 2. The Morgan fingerprint density at radius 1 is 1.41 bits per heavy atom. The summed E-state index contributed by atoms with van der Waals surface area (Å²) in [4.78, 5) is 0. The van der Waals surface area contributed by atoms with Gasteiger partial charge in [0.2, 0.25) is 0 Å². The van der Waals surface area contributed by atoms with Gasteiger partial charge in [0.15, 0.2) is 0 Å². The lowest BCUT2D eigenvalue weighted by Crippen LogP contribution is -2.01. The highest BCUT2D eigenvalue weighted by molar-refractivity contribution is 5.57. The zero-order valence-corrected chi connectivity index (χ0v) is 9.90. The zero-order chi connectivity index (χ0) is 11.7. The van der Waals surface area contributed by atoms with Crippen molar-refractivity contribution in [3.8, 4) is 0 Å². The first kappa shape index (κ1) is 10.2. The fraction of sp³-hybridized carbons (Fsp3) is 0.308. The summed E-state index contributed by atoms with van der Waals surface area (Å²) in [6.07, 6.45) is 3.08. The normalized spacial score (nSPS) is 13.2. The number of hydrogen-bond donors (Lipinski definition) is 2. The molecule has 0 unspecified atom stereocenters. The van der Waals surface area contributed by atoms with Gasteiger partial charge in [0.25, 0.3) is 0 Å². The van der Waals surface area contributed by atoms with Crippen LogP contribution in [0.4, 0.5) is 11.5 Å². The molecule has 0 atom stereocenters. The number of benzene rings is 1. The molecule has 0 bridgehead atoms. The van der Waals surface area contributed by atoms with Crippen LogP contribution in [-0.4, -0.2) is 16.3 Å². The quantitative estimate of drug-likeness (QED) is 0.844. The first-order valence-electron chi connectivity index (χ1n) is 5.90. The van der Waals surface area contributed by atoms with Gasteiger partial charge in [0.05, 0.1) is 0 Å². The van der Waals surface area contributed by atoms with Crippen molar-refractivity contribution in [2.45, 2.75) is 13.0 Å². The third-order valence-electron chi connectivity index (χ3n) is 3.07. The molecule has 4 nitrogen and oxygen atoms in total. The summed E-state index contributed by atoms with van der Waals surface area (Å²) in [5.41, 5.74) is 3.99. The summed E-state index contributed by atoms with van der Waals surface area (Å²) in [6, 6.07) is 8.59. The fourth-order valence-electron chi connectivity index (χ4n) is 2.15. The van der Waals surface area contributed by atoms with Crippen LogP contribution in [0.1, 0.15) is 11.1 Å². The highest BCUT2D eigenvalue weighted by atomic mass is 15.3. The maximum Gasteiger partial charge on any atom is 0.148 e. The van der Waals surface area contributed by atoms with E-state index >= 15 is 0 Å². The molecular formula is C13H16N4. The summed E-state index contributed by atoms with van der Waals surface area (Å²) in [5.74, 6) is 0.918. The van der Waals surface area contributed by atoms with E-state index < -0.39 is 0 Å². The summed E-state index contributed by atoms with van der Waals surface area (Å²) in [5, 5.41) is 11.0. The molecule has 0 fully saturated rings. The lowest BCUT2D eigenvalue weighted by atomic mass is 10.1. The second-order valence-corrected chi connectivity index (χ2v) is 4.40. The molecule has 0 amide bonds. The minimum atomic E-state index is 0.811. The SMILES string of the molecule is Cn1ccc(NCc2ccc3c(c2)NCC3)n1. The minimum Gasteiger partial charge on any atom is -0.384 e. The van der Waals surface area contributed by atoms with Gasteiger partial charge < -0.3 is 10.6 Å². The van der Waals surface area contributed by atoms with E-state index in [0.717, 1.165) is 25.3 Å². The largest absolute Gasteiger partial charge is 0.384 e. The van der Waals surface area contributed by atoms with E-state index in [1.54, 1.807) is 4.68 Å². The van der Waals surface area contributed by atoms with Crippen molar-refractivity contribution >= 4 is 11.5 Å². The van der Waals surface area contributed by atoms with E-state index in [0.29, 0.717) is 0 Å². The summed E-state index contributed by atoms with van der Waals surface area (Å²) >= 11 is 0. The van der Waals surface area contributed by atoms with Gasteiger partial charge in [-0.25, -0.2) is 0 Å². The lowest BCUT2D eigenvalue weighted by Gasteiger charge is -2.06. The van der Waals surface area contributed by atoms with E-state index in [4.69, 9.17) is 0 Å². The van der Waals surface area contributed by atoms with E-state index in [9.17, 15) is 0 Å². The molecular weight excluding hydrogens is 212 g/mol. The van der Waals surface area contributed by atoms with Gasteiger partial charge in [0, 0.05) is 38.1 Å². The van der Waals surface area contributed by atoms with Gasteiger partial charge in [-0.1, -0.05) is 12.1 Å². The van der Waals surface area contributed by atoms with Gasteiger partial charge in [-0.2, -0.15) is 5.10 Å². The Bertz CT molecular complexity index is 530. The van der Waals surface area contributed by atoms with Crippen LogP contribution in [0.3, 0.4) is 0 Å². The van der Waals surface area contributed by atoms with Gasteiger partial charge in [-0.3, -0.25) is 4.68 Å². The molecule has 88 valence electrons. The van der Waals surface area contributed by atoms with E-state index in [1.165, 1.54) is 16.8 Å². The lowest BCUT2D eigenvalue weighted by molar-refractivity contribution is 0.768. The van der Waals surface area contributed by atoms with Crippen molar-refractivity contribution in [3.05, 3.63) is 41.6 Å². The molecule has 1 aliphatic heterocycles. The molecule has 0 spiro atoms. The van der Waals surface area contributed by atoms with Gasteiger partial charge >= 0.3 is 0 Å². The molecule has 2 N–H and O–H groups in total. The molecule has 17 heavy (non-hydrogen) atoms. The molecule has 1 aromatic carbocycles. The molecule has 1 aliphatic rings. The molecule has 0 saturated heterocycles. The monoisotopic (exact) mass is 228 g/mol. The molecule has 0 aliphatic carbocycles. The first-order chi connectivity index (χ1) is 8.31. The van der Waals surface area contributed by atoms with E-state index in [-0.39, 0.29) is 0 Å². The molecule has 2 heterocycles. The Morgan fingerprint density at radius 2 is 2.35 bits per heavy atom. The second-order valence-electron chi connectivity index (χ2n) is 4.40. The predicted octanol–water partition coefficient (Wildman–Crippen LogP) is 2.00. The first-order valence-corrected chi connectivity index (χ1v) is 5.90. The summed E-state index contributed by atoms with van der Waals surface area (Å²) < 4.78 is 1.80. The summed E-state index contributed by atoms with van der Waals surface area (Å²) in [7, 11) is 1.92. The number of hydrogen-bond acceptors (Lipinski definition) is 3. The van der Waals surface area contributed by atoms with E-state index in [1.807, 2.05) is 19.3 Å². The van der Waals surface area contributed by atoms with Crippen LogP contribution in [0.15, 0.2) is 30.5 Å². The average Bonchev–Trinajstić information content (AvgIpc) is 2.94. The van der Waals surface area contributed by atoms with Crippen LogP contribution in [0.2, 0.25) is 0 Å². The zero-order valence-electron chi connectivity index (χ0n) is 9.90. The predicted molar refractivity (Wildman–Crippen MR) is 69.2 cm³/mol. The van der Waals surface area contributed by atoms with Crippen molar-refractivity contribution < 1.29 is 0 Å². The standard InChI is InChI=1S/C13H16N4/c1-17-7-5-13(16-17)15-9-10-2-3-11-4-6-14-12(11)8-10/h2-3,5,7-8,14H,4,6,9H2,1H3,(H,15,16). The molecule has 4 heteroatoms. The van der Waals surface area contributed by atoms with Crippen LogP contribution >= 0.6 is 0 Å². The van der Waals surface area contributed by atoms with Crippen molar-refractivity contribution in [2.24, 2.45) is 7.05 Å². The van der Waals surface area contributed by atoms with Crippen LogP contribution in [0.25, 0.3) is 0 Å². The number of rotatable bonds is 3. The molecule has 3 rings (SSSR count). The number of fused-ring (bicyclic) bond motifs is 1. The number of aromatic nitrogens is 2.